The number of aryl methyl sites for hydroxylation is 1. The molecule has 0 atom stereocenters. The highest BCUT2D eigenvalue weighted by atomic mass is 19.3. The van der Waals surface area contributed by atoms with Gasteiger partial charge in [-0.25, -0.2) is 4.99 Å². The topological polar surface area (TPSA) is 41.8 Å². The SMILES string of the molecule is CCNC(=NCc1ccccc1OC(F)F)N(C)Cc1cccn1C. The minimum Gasteiger partial charge on any atom is -0.434 e. The molecule has 25 heavy (non-hydrogen) atoms. The van der Waals surface area contributed by atoms with E-state index in [0.717, 1.165) is 5.69 Å². The molecule has 5 nitrogen and oxygen atoms in total. The van der Waals surface area contributed by atoms with Crippen LogP contribution >= 0.6 is 0 Å². The summed E-state index contributed by atoms with van der Waals surface area (Å²) in [6.07, 6.45) is 1.99. The van der Waals surface area contributed by atoms with E-state index in [1.165, 1.54) is 6.07 Å². The van der Waals surface area contributed by atoms with Crippen molar-refractivity contribution in [3.63, 3.8) is 0 Å². The zero-order valence-corrected chi connectivity index (χ0v) is 14.7. The third-order valence-corrected chi connectivity index (χ3v) is 3.73. The number of nitrogens with zero attached hydrogens (tertiary/aromatic N) is 3. The lowest BCUT2D eigenvalue weighted by Gasteiger charge is -2.22. The lowest BCUT2D eigenvalue weighted by atomic mass is 10.2. The molecule has 1 aromatic carbocycles. The molecule has 0 spiro atoms. The Labute approximate surface area is 146 Å². The first-order valence-corrected chi connectivity index (χ1v) is 8.13. The van der Waals surface area contributed by atoms with Crippen molar-refractivity contribution in [3.05, 3.63) is 53.9 Å². The molecular formula is C18H24F2N4O. The van der Waals surface area contributed by atoms with Crippen molar-refractivity contribution in [3.8, 4) is 5.75 Å². The Hall–Kier alpha value is -2.57. The normalized spacial score (nSPS) is 11.7. The van der Waals surface area contributed by atoms with E-state index in [1.807, 2.05) is 48.8 Å². The lowest BCUT2D eigenvalue weighted by molar-refractivity contribution is -0.0504. The summed E-state index contributed by atoms with van der Waals surface area (Å²) in [5.74, 6) is 0.859. The maximum absolute atomic E-state index is 12.5. The Morgan fingerprint density at radius 3 is 2.68 bits per heavy atom. The zero-order valence-electron chi connectivity index (χ0n) is 14.7. The molecule has 0 aliphatic carbocycles. The highest BCUT2D eigenvalue weighted by Gasteiger charge is 2.11. The molecule has 0 saturated carbocycles. The molecule has 0 aliphatic rings. The van der Waals surface area contributed by atoms with Crippen molar-refractivity contribution in [1.29, 1.82) is 0 Å². The van der Waals surface area contributed by atoms with Gasteiger partial charge in [0.2, 0.25) is 0 Å². The maximum Gasteiger partial charge on any atom is 0.387 e. The smallest absolute Gasteiger partial charge is 0.387 e. The number of aromatic nitrogens is 1. The predicted molar refractivity (Wildman–Crippen MR) is 94.8 cm³/mol. The summed E-state index contributed by atoms with van der Waals surface area (Å²) in [4.78, 5) is 6.55. The molecule has 0 fully saturated rings. The van der Waals surface area contributed by atoms with Crippen molar-refractivity contribution in [2.24, 2.45) is 12.0 Å². The fourth-order valence-corrected chi connectivity index (χ4v) is 2.45. The van der Waals surface area contributed by atoms with Crippen LogP contribution in [0, 0.1) is 0 Å². The Bertz CT molecular complexity index is 700. The zero-order chi connectivity index (χ0) is 18.2. The van der Waals surface area contributed by atoms with Crippen molar-refractivity contribution >= 4 is 5.96 Å². The molecule has 7 heteroatoms. The van der Waals surface area contributed by atoms with Crippen LogP contribution in [0.4, 0.5) is 8.78 Å². The van der Waals surface area contributed by atoms with Gasteiger partial charge in [-0.15, -0.1) is 0 Å². The minimum atomic E-state index is -2.85. The first-order chi connectivity index (χ1) is 12.0. The number of alkyl halides is 2. The van der Waals surface area contributed by atoms with E-state index < -0.39 is 6.61 Å². The molecule has 0 unspecified atom stereocenters. The third kappa shape index (κ3) is 5.48. The highest BCUT2D eigenvalue weighted by Crippen LogP contribution is 2.21. The average Bonchev–Trinajstić information content (AvgIpc) is 2.97. The Kier molecular flexibility index (Phi) is 6.80. The van der Waals surface area contributed by atoms with Crippen molar-refractivity contribution in [2.75, 3.05) is 13.6 Å². The summed E-state index contributed by atoms with van der Waals surface area (Å²) in [7, 11) is 3.93. The second-order valence-electron chi connectivity index (χ2n) is 5.62. The lowest BCUT2D eigenvalue weighted by Crippen LogP contribution is -2.38. The van der Waals surface area contributed by atoms with Crippen LogP contribution in [0.15, 0.2) is 47.6 Å². The second-order valence-corrected chi connectivity index (χ2v) is 5.62. The molecule has 0 aliphatic heterocycles. The second kappa shape index (κ2) is 9.05. The summed E-state index contributed by atoms with van der Waals surface area (Å²) >= 11 is 0. The van der Waals surface area contributed by atoms with Crippen molar-refractivity contribution < 1.29 is 13.5 Å². The Morgan fingerprint density at radius 2 is 2.04 bits per heavy atom. The maximum atomic E-state index is 12.5. The van der Waals surface area contributed by atoms with Crippen LogP contribution in [-0.2, 0) is 20.1 Å². The summed E-state index contributed by atoms with van der Waals surface area (Å²) in [5.41, 5.74) is 1.76. The van der Waals surface area contributed by atoms with Gasteiger partial charge in [0.15, 0.2) is 5.96 Å². The minimum absolute atomic E-state index is 0.155. The quantitative estimate of drug-likeness (QED) is 0.616. The van der Waals surface area contributed by atoms with E-state index in [0.29, 0.717) is 24.6 Å². The summed E-state index contributed by atoms with van der Waals surface area (Å²) in [6.45, 7) is 0.789. The van der Waals surface area contributed by atoms with Gasteiger partial charge in [-0.3, -0.25) is 0 Å². The van der Waals surface area contributed by atoms with Crippen LogP contribution in [0.2, 0.25) is 0 Å². The number of rotatable bonds is 7. The van der Waals surface area contributed by atoms with Crippen LogP contribution in [0.5, 0.6) is 5.75 Å². The number of nitrogens with one attached hydrogen (secondary N) is 1. The van der Waals surface area contributed by atoms with Crippen LogP contribution < -0.4 is 10.1 Å². The number of halogens is 2. The molecule has 136 valence electrons. The van der Waals surface area contributed by atoms with E-state index in [1.54, 1.807) is 18.2 Å². The fourth-order valence-electron chi connectivity index (χ4n) is 2.45. The first kappa shape index (κ1) is 18.8. The number of para-hydroxylation sites is 1. The highest BCUT2D eigenvalue weighted by molar-refractivity contribution is 5.79. The van der Waals surface area contributed by atoms with E-state index in [4.69, 9.17) is 0 Å². The Balaban J connectivity index is 2.13. The molecule has 0 amide bonds. The number of ether oxygens (including phenoxy) is 1. The van der Waals surface area contributed by atoms with Crippen molar-refractivity contribution in [2.45, 2.75) is 26.6 Å². The van der Waals surface area contributed by atoms with Gasteiger partial charge in [-0.1, -0.05) is 18.2 Å². The van der Waals surface area contributed by atoms with Gasteiger partial charge in [0.05, 0.1) is 13.1 Å². The van der Waals surface area contributed by atoms with Gasteiger partial charge in [-0.2, -0.15) is 8.78 Å². The molecular weight excluding hydrogens is 326 g/mol. The van der Waals surface area contributed by atoms with E-state index >= 15 is 0 Å². The molecule has 2 aromatic rings. The van der Waals surface area contributed by atoms with Gasteiger partial charge in [-0.05, 0) is 25.1 Å². The molecule has 1 aromatic heterocycles. The number of guanidine groups is 1. The molecule has 1 N–H and O–H groups in total. The fraction of sp³-hybridized carbons (Fsp3) is 0.389. The largest absolute Gasteiger partial charge is 0.434 e. The monoisotopic (exact) mass is 350 g/mol. The molecule has 0 bridgehead atoms. The van der Waals surface area contributed by atoms with Crippen LogP contribution in [0.25, 0.3) is 0 Å². The van der Waals surface area contributed by atoms with Crippen molar-refractivity contribution in [1.82, 2.24) is 14.8 Å². The molecule has 1 heterocycles. The van der Waals surface area contributed by atoms with Crippen LogP contribution in [-0.4, -0.2) is 35.6 Å². The number of benzene rings is 1. The van der Waals surface area contributed by atoms with Gasteiger partial charge < -0.3 is 19.5 Å². The standard InChI is InChI=1S/C18H24F2N4O/c1-4-21-18(24(3)13-15-9-7-11-23(15)2)22-12-14-8-5-6-10-16(14)25-17(19)20/h5-11,17H,4,12-13H2,1-3H3,(H,21,22). The van der Waals surface area contributed by atoms with E-state index in [9.17, 15) is 8.78 Å². The third-order valence-electron chi connectivity index (χ3n) is 3.73. The number of hydrogen-bond acceptors (Lipinski definition) is 2. The summed E-state index contributed by atoms with van der Waals surface area (Å²) in [6, 6.07) is 10.7. The summed E-state index contributed by atoms with van der Waals surface area (Å²) < 4.78 is 31.6. The van der Waals surface area contributed by atoms with Crippen LogP contribution in [0.1, 0.15) is 18.2 Å². The number of hydrogen-bond donors (Lipinski definition) is 1. The van der Waals surface area contributed by atoms with Gasteiger partial charge in [0.25, 0.3) is 0 Å². The number of aliphatic imine (C=N–C) groups is 1. The summed E-state index contributed by atoms with van der Waals surface area (Å²) in [5, 5.41) is 3.22. The van der Waals surface area contributed by atoms with E-state index in [-0.39, 0.29) is 12.3 Å². The van der Waals surface area contributed by atoms with Gasteiger partial charge in [0, 0.05) is 38.1 Å². The molecule has 0 saturated heterocycles. The predicted octanol–water partition coefficient (Wildman–Crippen LogP) is 3.22. The molecule has 2 rings (SSSR count). The average molecular weight is 350 g/mol. The van der Waals surface area contributed by atoms with E-state index in [2.05, 4.69) is 15.0 Å². The molecule has 0 radical (unpaired) electrons. The van der Waals surface area contributed by atoms with Crippen LogP contribution in [0.3, 0.4) is 0 Å². The Morgan fingerprint density at radius 1 is 1.28 bits per heavy atom. The van der Waals surface area contributed by atoms with Gasteiger partial charge >= 0.3 is 6.61 Å². The van der Waals surface area contributed by atoms with Gasteiger partial charge in [0.1, 0.15) is 5.75 Å². The first-order valence-electron chi connectivity index (χ1n) is 8.13.